The predicted octanol–water partition coefficient (Wildman–Crippen LogP) is 12.7. The van der Waals surface area contributed by atoms with Gasteiger partial charge in [-0.25, -0.2) is 0 Å². The highest BCUT2D eigenvalue weighted by Crippen LogP contribution is 2.41. The minimum Gasteiger partial charge on any atom is -0.102 e. The van der Waals surface area contributed by atoms with Gasteiger partial charge in [0, 0.05) is 12.3 Å². The van der Waals surface area contributed by atoms with Crippen molar-refractivity contribution in [2.24, 2.45) is 22.7 Å². The Kier molecular flexibility index (Phi) is 14.1. The standard InChI is InChI=1S/C40H62/c1-31(19-13-21-33(3)25-27-37-35(5)23-15-29-39(37,7)8)17-11-12-18-32(2)20-14-22-34(4)26-28-38-36(6)24-16-30-40(38,9)10/h17,21,25-28,32,34H,11-13,15-16,18-20,23-24,29-30H2,1-10H3/b27-25+,28-26+,31-17+,33-21+. The van der Waals surface area contributed by atoms with Gasteiger partial charge in [-0.1, -0.05) is 99.3 Å². The van der Waals surface area contributed by atoms with Crippen LogP contribution in [0.25, 0.3) is 0 Å². The molecule has 0 aliphatic heterocycles. The molecule has 0 N–H and O–H groups in total. The molecule has 0 bridgehead atoms. The maximum atomic E-state index is 3.49. The lowest BCUT2D eigenvalue weighted by atomic mass is 9.72. The Balaban J connectivity index is 1.68. The molecular weight excluding hydrogens is 480 g/mol. The van der Waals surface area contributed by atoms with E-state index < -0.39 is 0 Å². The molecule has 0 radical (unpaired) electrons. The van der Waals surface area contributed by atoms with E-state index >= 15 is 0 Å². The first-order valence-corrected chi connectivity index (χ1v) is 16.4. The molecule has 0 heterocycles. The number of hydrogen-bond donors (Lipinski definition) is 0. The van der Waals surface area contributed by atoms with Crippen LogP contribution >= 0.6 is 0 Å². The monoisotopic (exact) mass is 542 g/mol. The van der Waals surface area contributed by atoms with Gasteiger partial charge in [0.05, 0.1) is 0 Å². The SMILES string of the molecule is CC1=C(/C=C/C(C)=C/CC/C(C)=C/CCCC(C)CC#CC(C)/C=C/C2=C(C)CCCC2(C)C)C(C)(C)CCC1. The Morgan fingerprint density at radius 1 is 0.850 bits per heavy atom. The van der Waals surface area contributed by atoms with Crippen molar-refractivity contribution in [3.05, 3.63) is 69.9 Å². The largest absolute Gasteiger partial charge is 0.102 e. The summed E-state index contributed by atoms with van der Waals surface area (Å²) in [5, 5.41) is 0. The summed E-state index contributed by atoms with van der Waals surface area (Å²) in [6.07, 6.45) is 29.1. The molecule has 2 aliphatic carbocycles. The molecule has 0 heteroatoms. The molecule has 0 saturated carbocycles. The first kappa shape index (κ1) is 34.2. The van der Waals surface area contributed by atoms with Gasteiger partial charge < -0.3 is 0 Å². The minimum absolute atomic E-state index is 0.309. The zero-order chi connectivity index (χ0) is 29.8. The van der Waals surface area contributed by atoms with Crippen LogP contribution in [0.4, 0.5) is 0 Å². The Hall–Kier alpha value is -2.00. The van der Waals surface area contributed by atoms with Crippen molar-refractivity contribution >= 4 is 0 Å². The van der Waals surface area contributed by atoms with Crippen molar-refractivity contribution in [3.8, 4) is 11.8 Å². The summed E-state index contributed by atoms with van der Waals surface area (Å²) in [7, 11) is 0. The lowest BCUT2D eigenvalue weighted by Gasteiger charge is -2.33. The highest BCUT2D eigenvalue weighted by Gasteiger charge is 2.27. The average molecular weight is 543 g/mol. The van der Waals surface area contributed by atoms with E-state index in [0.29, 0.717) is 22.7 Å². The van der Waals surface area contributed by atoms with Crippen LogP contribution in [0, 0.1) is 34.5 Å². The number of hydrogen-bond acceptors (Lipinski definition) is 0. The van der Waals surface area contributed by atoms with Crippen LogP contribution in [0.5, 0.6) is 0 Å². The van der Waals surface area contributed by atoms with Crippen LogP contribution in [-0.2, 0) is 0 Å². The number of rotatable bonds is 12. The summed E-state index contributed by atoms with van der Waals surface area (Å²) < 4.78 is 0. The summed E-state index contributed by atoms with van der Waals surface area (Å²) in [6.45, 7) is 23.3. The second-order valence-electron chi connectivity index (χ2n) is 14.4. The molecule has 40 heavy (non-hydrogen) atoms. The van der Waals surface area contributed by atoms with Crippen LogP contribution in [0.15, 0.2) is 69.9 Å². The molecule has 0 aromatic heterocycles. The van der Waals surface area contributed by atoms with E-state index in [0.717, 1.165) is 12.8 Å². The van der Waals surface area contributed by atoms with Crippen molar-refractivity contribution in [1.82, 2.24) is 0 Å². The molecule has 2 unspecified atom stereocenters. The van der Waals surface area contributed by atoms with Crippen LogP contribution < -0.4 is 0 Å². The molecule has 2 aliphatic rings. The summed E-state index contributed by atoms with van der Waals surface area (Å²) in [5.74, 6) is 7.96. The average Bonchev–Trinajstić information content (AvgIpc) is 2.85. The quantitative estimate of drug-likeness (QED) is 0.0995. The maximum absolute atomic E-state index is 3.49. The molecule has 0 amide bonds. The molecule has 2 rings (SSSR count). The molecule has 222 valence electrons. The summed E-state index contributed by atoms with van der Waals surface area (Å²) in [6, 6.07) is 0. The van der Waals surface area contributed by atoms with E-state index in [1.54, 1.807) is 22.3 Å². The van der Waals surface area contributed by atoms with E-state index in [9.17, 15) is 0 Å². The van der Waals surface area contributed by atoms with Gasteiger partial charge in [0.15, 0.2) is 0 Å². The van der Waals surface area contributed by atoms with E-state index in [1.807, 2.05) is 0 Å². The first-order valence-electron chi connectivity index (χ1n) is 16.4. The van der Waals surface area contributed by atoms with Crippen LogP contribution in [0.3, 0.4) is 0 Å². The maximum Gasteiger partial charge on any atom is 0.0357 e. The fraction of sp³-hybridized carbons (Fsp3) is 0.650. The van der Waals surface area contributed by atoms with Gasteiger partial charge in [-0.05, 0) is 133 Å². The van der Waals surface area contributed by atoms with Crippen LogP contribution in [0.1, 0.15) is 146 Å². The molecule has 0 spiro atoms. The van der Waals surface area contributed by atoms with Gasteiger partial charge >= 0.3 is 0 Å². The lowest BCUT2D eigenvalue weighted by molar-refractivity contribution is 0.376. The van der Waals surface area contributed by atoms with E-state index in [-0.39, 0.29) is 0 Å². The van der Waals surface area contributed by atoms with Gasteiger partial charge in [-0.3, -0.25) is 0 Å². The van der Waals surface area contributed by atoms with Crippen LogP contribution in [-0.4, -0.2) is 0 Å². The van der Waals surface area contributed by atoms with Gasteiger partial charge in [-0.2, -0.15) is 0 Å². The molecular formula is C40H62. The predicted molar refractivity (Wildman–Crippen MR) is 180 cm³/mol. The third kappa shape index (κ3) is 11.9. The molecule has 0 fully saturated rings. The summed E-state index contributed by atoms with van der Waals surface area (Å²) in [5.41, 5.74) is 9.79. The summed E-state index contributed by atoms with van der Waals surface area (Å²) in [4.78, 5) is 0. The molecule has 2 atom stereocenters. The Labute approximate surface area is 250 Å². The molecule has 0 saturated heterocycles. The van der Waals surface area contributed by atoms with E-state index in [1.165, 1.54) is 75.4 Å². The third-order valence-electron chi connectivity index (χ3n) is 9.33. The second-order valence-corrected chi connectivity index (χ2v) is 14.4. The minimum atomic E-state index is 0.309. The molecule has 0 nitrogen and oxygen atoms in total. The zero-order valence-corrected chi connectivity index (χ0v) is 28.1. The van der Waals surface area contributed by atoms with Crippen LogP contribution in [0.2, 0.25) is 0 Å². The highest BCUT2D eigenvalue weighted by atomic mass is 14.3. The Morgan fingerprint density at radius 2 is 1.45 bits per heavy atom. The highest BCUT2D eigenvalue weighted by molar-refractivity contribution is 5.36. The topological polar surface area (TPSA) is 0 Å². The first-order chi connectivity index (χ1) is 18.8. The van der Waals surface area contributed by atoms with E-state index in [4.69, 9.17) is 0 Å². The van der Waals surface area contributed by atoms with Crippen molar-refractivity contribution in [3.63, 3.8) is 0 Å². The normalized spacial score (nSPS) is 21.6. The van der Waals surface area contributed by atoms with Gasteiger partial charge in [0.1, 0.15) is 0 Å². The molecule has 0 aromatic carbocycles. The fourth-order valence-corrected chi connectivity index (χ4v) is 6.53. The van der Waals surface area contributed by atoms with E-state index in [2.05, 4.69) is 118 Å². The number of unbranched alkanes of at least 4 members (excludes halogenated alkanes) is 1. The van der Waals surface area contributed by atoms with Crippen molar-refractivity contribution < 1.29 is 0 Å². The zero-order valence-electron chi connectivity index (χ0n) is 28.1. The van der Waals surface area contributed by atoms with Crippen molar-refractivity contribution in [2.75, 3.05) is 0 Å². The Morgan fingerprint density at radius 3 is 2.05 bits per heavy atom. The third-order valence-corrected chi connectivity index (χ3v) is 9.33. The van der Waals surface area contributed by atoms with Gasteiger partial charge in [0.2, 0.25) is 0 Å². The van der Waals surface area contributed by atoms with Crippen molar-refractivity contribution in [2.45, 2.75) is 146 Å². The molecule has 0 aromatic rings. The lowest BCUT2D eigenvalue weighted by Crippen LogP contribution is -2.19. The summed E-state index contributed by atoms with van der Waals surface area (Å²) >= 11 is 0. The van der Waals surface area contributed by atoms with Crippen molar-refractivity contribution in [1.29, 1.82) is 0 Å². The second kappa shape index (κ2) is 16.4. The number of allylic oxidation sites excluding steroid dienone is 12. The smallest absolute Gasteiger partial charge is 0.0357 e. The van der Waals surface area contributed by atoms with Gasteiger partial charge in [0.25, 0.3) is 0 Å². The van der Waals surface area contributed by atoms with Gasteiger partial charge in [-0.15, -0.1) is 5.92 Å². The fourth-order valence-electron chi connectivity index (χ4n) is 6.53. The Bertz CT molecular complexity index is 1060.